The number of aromatic nitrogens is 4. The van der Waals surface area contributed by atoms with E-state index < -0.39 is 0 Å². The van der Waals surface area contributed by atoms with Gasteiger partial charge in [0, 0.05) is 32.3 Å². The third-order valence-corrected chi connectivity index (χ3v) is 4.80. The van der Waals surface area contributed by atoms with E-state index >= 15 is 0 Å². The normalized spacial score (nSPS) is 15.2. The van der Waals surface area contributed by atoms with Gasteiger partial charge in [0.05, 0.1) is 12.2 Å². The van der Waals surface area contributed by atoms with Crippen LogP contribution in [0.5, 0.6) is 0 Å². The minimum atomic E-state index is 0.0534. The van der Waals surface area contributed by atoms with Crippen molar-refractivity contribution in [1.29, 1.82) is 0 Å². The molecule has 1 amide bonds. The molecule has 0 radical (unpaired) electrons. The van der Waals surface area contributed by atoms with E-state index in [0.717, 1.165) is 30.2 Å². The number of hydrogen-bond donors (Lipinski definition) is 0. The van der Waals surface area contributed by atoms with Gasteiger partial charge in [0.15, 0.2) is 5.82 Å². The summed E-state index contributed by atoms with van der Waals surface area (Å²) in [6, 6.07) is 19.7. The van der Waals surface area contributed by atoms with Crippen LogP contribution in [-0.4, -0.2) is 62.1 Å². The molecule has 142 valence electrons. The topological polar surface area (TPSA) is 67.2 Å². The smallest absolute Gasteiger partial charge is 0.246 e. The minimum absolute atomic E-state index is 0.0534. The fraction of sp³-hybridized carbons (Fsp3) is 0.238. The molecule has 2 heterocycles. The Bertz CT molecular complexity index is 930. The third-order valence-electron chi connectivity index (χ3n) is 4.80. The highest BCUT2D eigenvalue weighted by atomic mass is 16.2. The zero-order valence-corrected chi connectivity index (χ0v) is 15.6. The molecule has 4 rings (SSSR count). The summed E-state index contributed by atoms with van der Waals surface area (Å²) in [5.41, 5.74) is 1.98. The Hall–Kier alpha value is -3.32. The highest BCUT2D eigenvalue weighted by Crippen LogP contribution is 2.11. The predicted molar refractivity (Wildman–Crippen MR) is 106 cm³/mol. The molecule has 0 saturated carbocycles. The van der Waals surface area contributed by atoms with Crippen LogP contribution >= 0.6 is 0 Å². The van der Waals surface area contributed by atoms with Crippen LogP contribution in [0.25, 0.3) is 11.8 Å². The Morgan fingerprint density at radius 1 is 0.929 bits per heavy atom. The molecule has 1 saturated heterocycles. The lowest BCUT2D eigenvalue weighted by Gasteiger charge is -2.33. The minimum Gasteiger partial charge on any atom is -0.337 e. The van der Waals surface area contributed by atoms with Crippen molar-refractivity contribution in [2.24, 2.45) is 0 Å². The maximum Gasteiger partial charge on any atom is 0.246 e. The zero-order chi connectivity index (χ0) is 19.2. The molecule has 1 aliphatic heterocycles. The van der Waals surface area contributed by atoms with Gasteiger partial charge in [-0.15, -0.1) is 5.10 Å². The number of para-hydroxylation sites is 1. The van der Waals surface area contributed by atoms with Crippen LogP contribution in [-0.2, 0) is 11.3 Å². The fourth-order valence-corrected chi connectivity index (χ4v) is 3.24. The van der Waals surface area contributed by atoms with Crippen molar-refractivity contribution in [2.45, 2.75) is 6.54 Å². The third kappa shape index (κ3) is 4.32. The van der Waals surface area contributed by atoms with Crippen LogP contribution in [0.1, 0.15) is 11.4 Å². The number of carbonyl (C=O) groups excluding carboxylic acids is 1. The average molecular weight is 374 g/mol. The van der Waals surface area contributed by atoms with E-state index in [1.165, 1.54) is 0 Å². The van der Waals surface area contributed by atoms with E-state index in [1.54, 1.807) is 10.8 Å². The van der Waals surface area contributed by atoms with Gasteiger partial charge >= 0.3 is 0 Å². The first kappa shape index (κ1) is 18.1. The van der Waals surface area contributed by atoms with Gasteiger partial charge in [-0.25, -0.2) is 0 Å². The molecule has 1 aliphatic rings. The maximum atomic E-state index is 12.4. The highest BCUT2D eigenvalue weighted by molar-refractivity contribution is 5.91. The van der Waals surface area contributed by atoms with Gasteiger partial charge in [-0.05, 0) is 34.2 Å². The molecular weight excluding hydrogens is 352 g/mol. The van der Waals surface area contributed by atoms with Crippen molar-refractivity contribution >= 4 is 12.0 Å². The zero-order valence-electron chi connectivity index (χ0n) is 15.6. The van der Waals surface area contributed by atoms with Crippen LogP contribution in [0, 0.1) is 0 Å². The summed E-state index contributed by atoms with van der Waals surface area (Å²) < 4.78 is 1.76. The predicted octanol–water partition coefficient (Wildman–Crippen LogP) is 2.02. The number of amides is 1. The van der Waals surface area contributed by atoms with Crippen molar-refractivity contribution in [3.8, 4) is 5.69 Å². The number of hydrogen-bond acceptors (Lipinski definition) is 5. The van der Waals surface area contributed by atoms with Gasteiger partial charge in [-0.2, -0.15) is 4.68 Å². The lowest BCUT2D eigenvalue weighted by Crippen LogP contribution is -2.48. The fourth-order valence-electron chi connectivity index (χ4n) is 3.24. The summed E-state index contributed by atoms with van der Waals surface area (Å²) in [5.74, 6) is 0.854. The second-order valence-electron chi connectivity index (χ2n) is 6.69. The largest absolute Gasteiger partial charge is 0.337 e. The van der Waals surface area contributed by atoms with Gasteiger partial charge in [0.2, 0.25) is 5.91 Å². The quantitative estimate of drug-likeness (QED) is 0.639. The summed E-state index contributed by atoms with van der Waals surface area (Å²) in [4.78, 5) is 16.6. The molecule has 7 heteroatoms. The monoisotopic (exact) mass is 374 g/mol. The summed E-state index contributed by atoms with van der Waals surface area (Å²) in [6.07, 6.45) is 3.52. The standard InChI is InChI=1S/C21H22N6O/c28-21(12-11-18-7-3-1-4-8-18)26-15-13-25(14-16-26)17-20-22-23-24-27(20)19-9-5-2-6-10-19/h1-12H,13-17H2/b12-11-. The summed E-state index contributed by atoms with van der Waals surface area (Å²) in [6.45, 7) is 3.65. The van der Waals surface area contributed by atoms with Crippen molar-refractivity contribution in [3.63, 3.8) is 0 Å². The van der Waals surface area contributed by atoms with Gasteiger partial charge < -0.3 is 4.90 Å². The summed E-state index contributed by atoms with van der Waals surface area (Å²) >= 11 is 0. The summed E-state index contributed by atoms with van der Waals surface area (Å²) in [5, 5.41) is 12.1. The van der Waals surface area contributed by atoms with E-state index in [0.29, 0.717) is 19.6 Å². The molecule has 0 unspecified atom stereocenters. The first-order valence-corrected chi connectivity index (χ1v) is 9.37. The molecule has 0 bridgehead atoms. The highest BCUT2D eigenvalue weighted by Gasteiger charge is 2.21. The van der Waals surface area contributed by atoms with Gasteiger partial charge in [-0.3, -0.25) is 9.69 Å². The molecule has 2 aromatic carbocycles. The number of piperazine rings is 1. The molecular formula is C21H22N6O. The van der Waals surface area contributed by atoms with Crippen molar-refractivity contribution in [3.05, 3.63) is 78.1 Å². The van der Waals surface area contributed by atoms with Crippen molar-refractivity contribution in [1.82, 2.24) is 30.0 Å². The summed E-state index contributed by atoms with van der Waals surface area (Å²) in [7, 11) is 0. The Labute approximate surface area is 163 Å². The van der Waals surface area contributed by atoms with Crippen LogP contribution in [0.4, 0.5) is 0 Å². The van der Waals surface area contributed by atoms with Gasteiger partial charge in [0.1, 0.15) is 0 Å². The van der Waals surface area contributed by atoms with Gasteiger partial charge in [-0.1, -0.05) is 48.5 Å². The first-order chi connectivity index (χ1) is 13.8. The van der Waals surface area contributed by atoms with Crippen LogP contribution in [0.15, 0.2) is 66.7 Å². The molecule has 0 atom stereocenters. The van der Waals surface area contributed by atoms with Crippen molar-refractivity contribution in [2.75, 3.05) is 26.2 Å². The molecule has 28 heavy (non-hydrogen) atoms. The second kappa shape index (κ2) is 8.58. The molecule has 0 aliphatic carbocycles. The van der Waals surface area contributed by atoms with Crippen LogP contribution < -0.4 is 0 Å². The Balaban J connectivity index is 1.32. The lowest BCUT2D eigenvalue weighted by molar-refractivity contribution is -0.127. The van der Waals surface area contributed by atoms with E-state index in [-0.39, 0.29) is 5.91 Å². The Kier molecular flexibility index (Phi) is 5.53. The average Bonchev–Trinajstić information content (AvgIpc) is 3.22. The second-order valence-corrected chi connectivity index (χ2v) is 6.69. The molecule has 3 aromatic rings. The number of nitrogens with zero attached hydrogens (tertiary/aromatic N) is 6. The van der Waals surface area contributed by atoms with E-state index in [2.05, 4.69) is 20.4 Å². The van der Waals surface area contributed by atoms with Crippen LogP contribution in [0.2, 0.25) is 0 Å². The molecule has 1 aromatic heterocycles. The Morgan fingerprint density at radius 3 is 2.32 bits per heavy atom. The number of carbonyl (C=O) groups is 1. The molecule has 0 N–H and O–H groups in total. The Morgan fingerprint density at radius 2 is 1.61 bits per heavy atom. The number of tetrazole rings is 1. The van der Waals surface area contributed by atoms with Crippen LogP contribution in [0.3, 0.4) is 0 Å². The number of rotatable bonds is 5. The molecule has 7 nitrogen and oxygen atoms in total. The number of benzene rings is 2. The van der Waals surface area contributed by atoms with Crippen molar-refractivity contribution < 1.29 is 4.79 Å². The molecule has 0 spiro atoms. The maximum absolute atomic E-state index is 12.4. The lowest BCUT2D eigenvalue weighted by atomic mass is 10.2. The van der Waals surface area contributed by atoms with E-state index in [4.69, 9.17) is 0 Å². The first-order valence-electron chi connectivity index (χ1n) is 9.37. The van der Waals surface area contributed by atoms with E-state index in [1.807, 2.05) is 71.6 Å². The SMILES string of the molecule is O=C(/C=C\c1ccccc1)N1CCN(Cc2nnnn2-c2ccccc2)CC1. The van der Waals surface area contributed by atoms with E-state index in [9.17, 15) is 4.79 Å². The molecule has 1 fully saturated rings. The van der Waals surface area contributed by atoms with Gasteiger partial charge in [0.25, 0.3) is 0 Å².